The van der Waals surface area contributed by atoms with Crippen molar-refractivity contribution in [3.8, 4) is 6.07 Å². The van der Waals surface area contributed by atoms with Crippen LogP contribution in [-0.2, 0) is 0 Å². The highest BCUT2D eigenvalue weighted by Crippen LogP contribution is 2.35. The van der Waals surface area contributed by atoms with Gasteiger partial charge in [-0.3, -0.25) is 0 Å². The van der Waals surface area contributed by atoms with Crippen molar-refractivity contribution in [2.45, 2.75) is 19.0 Å². The Morgan fingerprint density at radius 3 is 2.22 bits per heavy atom. The van der Waals surface area contributed by atoms with Crippen LogP contribution in [0.15, 0.2) is 42.5 Å². The van der Waals surface area contributed by atoms with E-state index >= 15 is 0 Å². The Bertz CT molecular complexity index is 817. The third kappa shape index (κ3) is 4.45. The SMILES string of the molecule is CNc1ccc(Nc2ccc(N3CCC(C(F)(F)F)CC3)cc2)cc1C#N. The second kappa shape index (κ2) is 7.78. The number of nitrogens with zero attached hydrogens (tertiary/aromatic N) is 2. The number of nitriles is 1. The highest BCUT2D eigenvalue weighted by atomic mass is 19.4. The lowest BCUT2D eigenvalue weighted by atomic mass is 9.96. The molecule has 27 heavy (non-hydrogen) atoms. The number of anilines is 4. The average molecular weight is 374 g/mol. The standard InChI is InChI=1S/C20H21F3N4/c1-25-19-7-4-17(12-14(19)13-24)26-16-2-5-18(6-3-16)27-10-8-15(9-11-27)20(21,22)23/h2-7,12,15,25-26H,8-11H2,1H3. The van der Waals surface area contributed by atoms with E-state index in [1.807, 2.05) is 41.3 Å². The first-order valence-corrected chi connectivity index (χ1v) is 8.81. The summed E-state index contributed by atoms with van der Waals surface area (Å²) < 4.78 is 38.3. The number of halogens is 3. The fraction of sp³-hybridized carbons (Fsp3) is 0.350. The van der Waals surface area contributed by atoms with E-state index in [0.29, 0.717) is 18.7 Å². The van der Waals surface area contributed by atoms with Crippen LogP contribution in [0.3, 0.4) is 0 Å². The van der Waals surface area contributed by atoms with E-state index in [1.165, 1.54) is 0 Å². The molecule has 0 atom stereocenters. The monoisotopic (exact) mass is 374 g/mol. The van der Waals surface area contributed by atoms with Crippen molar-refractivity contribution in [3.63, 3.8) is 0 Å². The lowest BCUT2D eigenvalue weighted by molar-refractivity contribution is -0.179. The number of hydrogen-bond donors (Lipinski definition) is 2. The first-order chi connectivity index (χ1) is 12.9. The molecular formula is C20H21F3N4. The van der Waals surface area contributed by atoms with Gasteiger partial charge in [0.15, 0.2) is 0 Å². The molecule has 1 aliphatic rings. The summed E-state index contributed by atoms with van der Waals surface area (Å²) >= 11 is 0. The van der Waals surface area contributed by atoms with Crippen LogP contribution in [0.1, 0.15) is 18.4 Å². The highest BCUT2D eigenvalue weighted by molar-refractivity contribution is 5.69. The van der Waals surface area contributed by atoms with Crippen molar-refractivity contribution in [2.24, 2.45) is 5.92 Å². The van der Waals surface area contributed by atoms with Crippen LogP contribution in [0.4, 0.5) is 35.9 Å². The van der Waals surface area contributed by atoms with Crippen molar-refractivity contribution < 1.29 is 13.2 Å². The van der Waals surface area contributed by atoms with Crippen LogP contribution in [0.25, 0.3) is 0 Å². The van der Waals surface area contributed by atoms with Gasteiger partial charge in [0.2, 0.25) is 0 Å². The fourth-order valence-corrected chi connectivity index (χ4v) is 3.32. The molecular weight excluding hydrogens is 353 g/mol. The maximum absolute atomic E-state index is 12.8. The third-order valence-corrected chi connectivity index (χ3v) is 4.89. The maximum Gasteiger partial charge on any atom is 0.391 e. The summed E-state index contributed by atoms with van der Waals surface area (Å²) in [6, 6.07) is 15.2. The predicted molar refractivity (Wildman–Crippen MR) is 101 cm³/mol. The van der Waals surface area contributed by atoms with Crippen molar-refractivity contribution in [1.29, 1.82) is 5.26 Å². The number of benzene rings is 2. The topological polar surface area (TPSA) is 51.1 Å². The van der Waals surface area contributed by atoms with Gasteiger partial charge in [-0.2, -0.15) is 18.4 Å². The van der Waals surface area contributed by atoms with E-state index in [-0.39, 0.29) is 12.8 Å². The Kier molecular flexibility index (Phi) is 5.45. The molecule has 1 aliphatic heterocycles. The molecule has 0 amide bonds. The van der Waals surface area contributed by atoms with Gasteiger partial charge in [-0.25, -0.2) is 0 Å². The zero-order valence-corrected chi connectivity index (χ0v) is 15.0. The molecule has 0 spiro atoms. The van der Waals surface area contributed by atoms with E-state index in [9.17, 15) is 18.4 Å². The second-order valence-electron chi connectivity index (χ2n) is 6.60. The summed E-state index contributed by atoms with van der Waals surface area (Å²) in [5.74, 6) is -1.19. The van der Waals surface area contributed by atoms with Crippen molar-refractivity contribution in [3.05, 3.63) is 48.0 Å². The third-order valence-electron chi connectivity index (χ3n) is 4.89. The summed E-state index contributed by atoms with van der Waals surface area (Å²) in [6.07, 6.45) is -3.82. The van der Waals surface area contributed by atoms with E-state index in [4.69, 9.17) is 0 Å². The number of piperidine rings is 1. The Labute approximate surface area is 156 Å². The molecule has 1 heterocycles. The molecule has 7 heteroatoms. The molecule has 0 aliphatic carbocycles. The molecule has 1 fully saturated rings. The quantitative estimate of drug-likeness (QED) is 0.780. The second-order valence-corrected chi connectivity index (χ2v) is 6.60. The van der Waals surface area contributed by atoms with Crippen LogP contribution in [0.2, 0.25) is 0 Å². The maximum atomic E-state index is 12.8. The highest BCUT2D eigenvalue weighted by Gasteiger charge is 2.41. The van der Waals surface area contributed by atoms with Gasteiger partial charge < -0.3 is 15.5 Å². The van der Waals surface area contributed by atoms with Gasteiger partial charge >= 0.3 is 6.18 Å². The van der Waals surface area contributed by atoms with Crippen LogP contribution < -0.4 is 15.5 Å². The van der Waals surface area contributed by atoms with Crippen LogP contribution >= 0.6 is 0 Å². The molecule has 3 rings (SSSR count). The average Bonchev–Trinajstić information content (AvgIpc) is 2.68. The first-order valence-electron chi connectivity index (χ1n) is 8.81. The summed E-state index contributed by atoms with van der Waals surface area (Å²) in [4.78, 5) is 1.99. The smallest absolute Gasteiger partial charge is 0.387 e. The van der Waals surface area contributed by atoms with Crippen LogP contribution in [0, 0.1) is 17.2 Å². The lowest BCUT2D eigenvalue weighted by Gasteiger charge is -2.34. The van der Waals surface area contributed by atoms with Gasteiger partial charge in [0, 0.05) is 37.2 Å². The van der Waals surface area contributed by atoms with E-state index in [0.717, 1.165) is 22.7 Å². The number of hydrogen-bond acceptors (Lipinski definition) is 4. The summed E-state index contributed by atoms with van der Waals surface area (Å²) in [6.45, 7) is 0.821. The molecule has 0 unspecified atom stereocenters. The predicted octanol–water partition coefficient (Wildman–Crippen LogP) is 5.12. The molecule has 2 aromatic rings. The minimum absolute atomic E-state index is 0.137. The summed E-state index contributed by atoms with van der Waals surface area (Å²) in [5, 5.41) is 15.4. The molecule has 2 aromatic carbocycles. The molecule has 142 valence electrons. The van der Waals surface area contributed by atoms with Gasteiger partial charge in [0.1, 0.15) is 6.07 Å². The Hall–Kier alpha value is -2.88. The lowest BCUT2D eigenvalue weighted by Crippen LogP contribution is -2.38. The van der Waals surface area contributed by atoms with E-state index in [1.54, 1.807) is 13.1 Å². The largest absolute Gasteiger partial charge is 0.391 e. The number of nitrogens with one attached hydrogen (secondary N) is 2. The number of alkyl halides is 3. The fourth-order valence-electron chi connectivity index (χ4n) is 3.32. The van der Waals surface area contributed by atoms with Crippen molar-refractivity contribution in [1.82, 2.24) is 0 Å². The zero-order valence-electron chi connectivity index (χ0n) is 15.0. The number of rotatable bonds is 4. The van der Waals surface area contributed by atoms with Crippen molar-refractivity contribution in [2.75, 3.05) is 35.7 Å². The van der Waals surface area contributed by atoms with Crippen molar-refractivity contribution >= 4 is 22.7 Å². The van der Waals surface area contributed by atoms with Gasteiger partial charge in [0.25, 0.3) is 0 Å². The van der Waals surface area contributed by atoms with Gasteiger partial charge in [-0.05, 0) is 55.3 Å². The van der Waals surface area contributed by atoms with Gasteiger partial charge in [-0.1, -0.05) is 0 Å². The normalized spacial score (nSPS) is 15.3. The van der Waals surface area contributed by atoms with Gasteiger partial charge in [-0.15, -0.1) is 0 Å². The Balaban J connectivity index is 1.64. The molecule has 0 saturated carbocycles. The summed E-state index contributed by atoms with van der Waals surface area (Å²) in [7, 11) is 1.76. The van der Waals surface area contributed by atoms with E-state index < -0.39 is 12.1 Å². The molecule has 0 radical (unpaired) electrons. The minimum Gasteiger partial charge on any atom is -0.387 e. The molecule has 1 saturated heterocycles. The first kappa shape index (κ1) is 18.9. The molecule has 2 N–H and O–H groups in total. The molecule has 0 aromatic heterocycles. The van der Waals surface area contributed by atoms with Crippen LogP contribution in [0.5, 0.6) is 0 Å². The zero-order chi connectivity index (χ0) is 19.4. The Morgan fingerprint density at radius 1 is 1.04 bits per heavy atom. The van der Waals surface area contributed by atoms with Crippen LogP contribution in [-0.4, -0.2) is 26.3 Å². The molecule has 4 nitrogen and oxygen atoms in total. The molecule has 0 bridgehead atoms. The van der Waals surface area contributed by atoms with E-state index in [2.05, 4.69) is 16.7 Å². The van der Waals surface area contributed by atoms with Gasteiger partial charge in [0.05, 0.1) is 17.2 Å². The summed E-state index contributed by atoms with van der Waals surface area (Å²) in [5.41, 5.74) is 3.88. The Morgan fingerprint density at radius 2 is 1.67 bits per heavy atom. The minimum atomic E-state index is -4.09.